The second-order valence-electron chi connectivity index (χ2n) is 3.09. The van der Waals surface area contributed by atoms with Crippen molar-refractivity contribution in [1.29, 1.82) is 0 Å². The Morgan fingerprint density at radius 1 is 1.36 bits per heavy atom. The van der Waals surface area contributed by atoms with E-state index in [0.717, 1.165) is 18.5 Å². The lowest BCUT2D eigenvalue weighted by atomic mass is 10.1. The zero-order valence-electron chi connectivity index (χ0n) is 8.22. The van der Waals surface area contributed by atoms with Crippen LogP contribution in [0, 0.1) is 0 Å². The second kappa shape index (κ2) is 5.66. The molecule has 0 spiro atoms. The van der Waals surface area contributed by atoms with Gasteiger partial charge in [0.05, 0.1) is 0 Å². The highest BCUT2D eigenvalue weighted by Crippen LogP contribution is 2.06. The number of hydrogen-bond donors (Lipinski definition) is 1. The number of benzene rings is 1. The van der Waals surface area contributed by atoms with Gasteiger partial charge in [-0.15, -0.1) is 11.6 Å². The molecule has 1 amide bonds. The normalized spacial score (nSPS) is 9.86. The monoisotopic (exact) mass is 211 g/mol. The van der Waals surface area contributed by atoms with E-state index in [1.807, 2.05) is 19.1 Å². The van der Waals surface area contributed by atoms with E-state index in [-0.39, 0.29) is 5.91 Å². The Morgan fingerprint density at radius 3 is 2.50 bits per heavy atom. The summed E-state index contributed by atoms with van der Waals surface area (Å²) in [6, 6.07) is 7.33. The Hall–Kier alpha value is -1.02. The third-order valence-corrected chi connectivity index (χ3v) is 2.21. The molecule has 76 valence electrons. The molecule has 0 aromatic heterocycles. The lowest BCUT2D eigenvalue weighted by Gasteiger charge is -2.03. The molecule has 2 nitrogen and oxygen atoms in total. The number of halogens is 1. The molecule has 0 radical (unpaired) electrons. The van der Waals surface area contributed by atoms with Crippen molar-refractivity contribution >= 4 is 17.5 Å². The van der Waals surface area contributed by atoms with Gasteiger partial charge in [-0.25, -0.2) is 0 Å². The van der Waals surface area contributed by atoms with Gasteiger partial charge in [0.2, 0.25) is 0 Å². The number of carbonyl (C=O) groups is 1. The third-order valence-electron chi connectivity index (χ3n) is 1.91. The third kappa shape index (κ3) is 3.04. The van der Waals surface area contributed by atoms with Crippen LogP contribution < -0.4 is 5.32 Å². The van der Waals surface area contributed by atoms with Crippen LogP contribution in [0.25, 0.3) is 0 Å². The van der Waals surface area contributed by atoms with Crippen LogP contribution in [-0.2, 0) is 5.88 Å². The predicted molar refractivity (Wildman–Crippen MR) is 58.6 cm³/mol. The number of rotatable bonds is 4. The minimum Gasteiger partial charge on any atom is -0.352 e. The van der Waals surface area contributed by atoms with Crippen LogP contribution >= 0.6 is 11.6 Å². The Kier molecular flexibility index (Phi) is 4.47. The summed E-state index contributed by atoms with van der Waals surface area (Å²) in [6.07, 6.45) is 0.950. The lowest BCUT2D eigenvalue weighted by molar-refractivity contribution is 0.0953. The largest absolute Gasteiger partial charge is 0.352 e. The molecule has 1 rings (SSSR count). The van der Waals surface area contributed by atoms with Crippen molar-refractivity contribution in [2.24, 2.45) is 0 Å². The van der Waals surface area contributed by atoms with E-state index < -0.39 is 0 Å². The van der Waals surface area contributed by atoms with Gasteiger partial charge in [-0.05, 0) is 24.1 Å². The number of alkyl halides is 1. The highest BCUT2D eigenvalue weighted by atomic mass is 35.5. The Bertz CT molecular complexity index is 295. The SMILES string of the molecule is CCCNC(=O)c1ccc(CCl)cc1. The predicted octanol–water partition coefficient (Wildman–Crippen LogP) is 2.57. The molecule has 0 aliphatic heterocycles. The molecule has 1 aromatic carbocycles. The lowest BCUT2D eigenvalue weighted by Crippen LogP contribution is -2.23. The molecule has 0 aliphatic carbocycles. The summed E-state index contributed by atoms with van der Waals surface area (Å²) >= 11 is 5.64. The van der Waals surface area contributed by atoms with Crippen LogP contribution in [0.15, 0.2) is 24.3 Å². The summed E-state index contributed by atoms with van der Waals surface area (Å²) in [4.78, 5) is 11.5. The quantitative estimate of drug-likeness (QED) is 0.763. The summed E-state index contributed by atoms with van der Waals surface area (Å²) in [5.41, 5.74) is 1.71. The summed E-state index contributed by atoms with van der Waals surface area (Å²) in [5.74, 6) is 0.463. The Labute approximate surface area is 89.3 Å². The van der Waals surface area contributed by atoms with Crippen LogP contribution in [0.1, 0.15) is 29.3 Å². The Balaban J connectivity index is 2.62. The van der Waals surface area contributed by atoms with Gasteiger partial charge in [-0.1, -0.05) is 19.1 Å². The average Bonchev–Trinajstić information content (AvgIpc) is 2.26. The van der Waals surface area contributed by atoms with Gasteiger partial charge >= 0.3 is 0 Å². The molecule has 3 heteroatoms. The van der Waals surface area contributed by atoms with Crippen molar-refractivity contribution in [3.05, 3.63) is 35.4 Å². The van der Waals surface area contributed by atoms with E-state index in [1.54, 1.807) is 12.1 Å². The van der Waals surface area contributed by atoms with Gasteiger partial charge in [0, 0.05) is 18.0 Å². The molecule has 0 saturated carbocycles. The molecule has 1 N–H and O–H groups in total. The van der Waals surface area contributed by atoms with E-state index in [2.05, 4.69) is 5.32 Å². The first-order valence-corrected chi connectivity index (χ1v) is 5.24. The van der Waals surface area contributed by atoms with E-state index in [9.17, 15) is 4.79 Å². The number of nitrogens with one attached hydrogen (secondary N) is 1. The minimum absolute atomic E-state index is 0.0204. The summed E-state index contributed by atoms with van der Waals surface area (Å²) in [7, 11) is 0. The molecule has 1 aromatic rings. The molecule has 0 fully saturated rings. The van der Waals surface area contributed by atoms with E-state index >= 15 is 0 Å². The second-order valence-corrected chi connectivity index (χ2v) is 3.35. The molecule has 0 saturated heterocycles. The molecule has 0 aliphatic rings. The van der Waals surface area contributed by atoms with Gasteiger partial charge < -0.3 is 5.32 Å². The fraction of sp³-hybridized carbons (Fsp3) is 0.364. The standard InChI is InChI=1S/C11H14ClNO/c1-2-7-13-11(14)10-5-3-9(8-12)4-6-10/h3-6H,2,7-8H2,1H3,(H,13,14). The van der Waals surface area contributed by atoms with Gasteiger partial charge in [0.25, 0.3) is 5.91 Å². The maximum absolute atomic E-state index is 11.5. The zero-order chi connectivity index (χ0) is 10.4. The highest BCUT2D eigenvalue weighted by Gasteiger charge is 2.02. The molecule has 0 bridgehead atoms. The minimum atomic E-state index is -0.0204. The van der Waals surface area contributed by atoms with E-state index in [4.69, 9.17) is 11.6 Å². The fourth-order valence-electron chi connectivity index (χ4n) is 1.09. The van der Waals surface area contributed by atoms with Gasteiger partial charge in [-0.3, -0.25) is 4.79 Å². The average molecular weight is 212 g/mol. The summed E-state index contributed by atoms with van der Waals surface area (Å²) in [5, 5.41) is 2.81. The van der Waals surface area contributed by atoms with E-state index in [0.29, 0.717) is 11.4 Å². The van der Waals surface area contributed by atoms with Crippen molar-refractivity contribution in [3.8, 4) is 0 Å². The molecule has 0 heterocycles. The smallest absolute Gasteiger partial charge is 0.251 e. The maximum atomic E-state index is 11.5. The summed E-state index contributed by atoms with van der Waals surface area (Å²) in [6.45, 7) is 2.74. The fourth-order valence-corrected chi connectivity index (χ4v) is 1.26. The molecular formula is C11H14ClNO. The van der Waals surface area contributed by atoms with Crippen LogP contribution in [-0.4, -0.2) is 12.5 Å². The molecule has 0 unspecified atom stereocenters. The molecule has 14 heavy (non-hydrogen) atoms. The van der Waals surface area contributed by atoms with Gasteiger partial charge in [0.1, 0.15) is 0 Å². The van der Waals surface area contributed by atoms with Gasteiger partial charge in [-0.2, -0.15) is 0 Å². The van der Waals surface area contributed by atoms with Crippen molar-refractivity contribution in [3.63, 3.8) is 0 Å². The van der Waals surface area contributed by atoms with E-state index in [1.165, 1.54) is 0 Å². The van der Waals surface area contributed by atoms with Crippen molar-refractivity contribution in [2.75, 3.05) is 6.54 Å². The number of carbonyl (C=O) groups excluding carboxylic acids is 1. The van der Waals surface area contributed by atoms with Crippen molar-refractivity contribution in [2.45, 2.75) is 19.2 Å². The summed E-state index contributed by atoms with van der Waals surface area (Å²) < 4.78 is 0. The van der Waals surface area contributed by atoms with Crippen LogP contribution in [0.2, 0.25) is 0 Å². The Morgan fingerprint density at radius 2 is 2.00 bits per heavy atom. The number of amides is 1. The highest BCUT2D eigenvalue weighted by molar-refractivity contribution is 6.17. The van der Waals surface area contributed by atoms with Crippen LogP contribution in [0.5, 0.6) is 0 Å². The van der Waals surface area contributed by atoms with Crippen molar-refractivity contribution in [1.82, 2.24) is 5.32 Å². The maximum Gasteiger partial charge on any atom is 0.251 e. The molecular weight excluding hydrogens is 198 g/mol. The zero-order valence-corrected chi connectivity index (χ0v) is 8.97. The topological polar surface area (TPSA) is 29.1 Å². The van der Waals surface area contributed by atoms with Crippen LogP contribution in [0.4, 0.5) is 0 Å². The van der Waals surface area contributed by atoms with Gasteiger partial charge in [0.15, 0.2) is 0 Å². The first-order valence-electron chi connectivity index (χ1n) is 4.71. The van der Waals surface area contributed by atoms with Crippen LogP contribution in [0.3, 0.4) is 0 Å². The number of hydrogen-bond acceptors (Lipinski definition) is 1. The molecule has 0 atom stereocenters. The first-order chi connectivity index (χ1) is 6.77. The first kappa shape index (κ1) is 11.1. The van der Waals surface area contributed by atoms with Crippen molar-refractivity contribution < 1.29 is 4.79 Å².